The summed E-state index contributed by atoms with van der Waals surface area (Å²) >= 11 is 0. The Labute approximate surface area is 96.3 Å². The minimum Gasteiger partial charge on any atom is -0.476 e. The van der Waals surface area contributed by atoms with Gasteiger partial charge in [-0.1, -0.05) is 30.3 Å². The SMILES string of the molecule is Nc1[nH]c(=O)n(Cc2ccccc2)c1C(=O)O. The summed E-state index contributed by atoms with van der Waals surface area (Å²) in [7, 11) is 0. The third-order valence-corrected chi connectivity index (χ3v) is 2.40. The standard InChI is InChI=1S/C11H11N3O3/c12-9-8(10(15)16)14(11(17)13-9)6-7-4-2-1-3-5-7/h1-5H,6,12H2,(H,13,17)(H,15,16). The number of H-pyrrole nitrogens is 1. The molecule has 1 aromatic heterocycles. The number of benzene rings is 1. The van der Waals surface area contributed by atoms with Crippen LogP contribution in [0.4, 0.5) is 5.82 Å². The van der Waals surface area contributed by atoms with E-state index in [1.807, 2.05) is 18.2 Å². The van der Waals surface area contributed by atoms with Crippen molar-refractivity contribution in [3.8, 4) is 0 Å². The summed E-state index contributed by atoms with van der Waals surface area (Å²) in [5, 5.41) is 8.98. The zero-order chi connectivity index (χ0) is 12.4. The number of anilines is 1. The van der Waals surface area contributed by atoms with Gasteiger partial charge in [0, 0.05) is 0 Å². The van der Waals surface area contributed by atoms with Crippen LogP contribution in [0.1, 0.15) is 16.1 Å². The number of hydrogen-bond donors (Lipinski definition) is 3. The van der Waals surface area contributed by atoms with Crippen molar-refractivity contribution in [3.63, 3.8) is 0 Å². The summed E-state index contributed by atoms with van der Waals surface area (Å²) < 4.78 is 1.10. The van der Waals surface area contributed by atoms with E-state index in [0.717, 1.165) is 10.1 Å². The molecule has 0 aliphatic rings. The highest BCUT2D eigenvalue weighted by Gasteiger charge is 2.18. The van der Waals surface area contributed by atoms with Crippen LogP contribution in [-0.2, 0) is 6.54 Å². The van der Waals surface area contributed by atoms with Crippen LogP contribution in [0.15, 0.2) is 35.1 Å². The Bertz CT molecular complexity index is 598. The van der Waals surface area contributed by atoms with Gasteiger partial charge in [0.25, 0.3) is 0 Å². The summed E-state index contributed by atoms with van der Waals surface area (Å²) in [6.07, 6.45) is 0. The average Bonchev–Trinajstić information content (AvgIpc) is 2.55. The molecule has 88 valence electrons. The van der Waals surface area contributed by atoms with Crippen LogP contribution >= 0.6 is 0 Å². The molecule has 17 heavy (non-hydrogen) atoms. The largest absolute Gasteiger partial charge is 0.476 e. The van der Waals surface area contributed by atoms with Crippen LogP contribution in [0.25, 0.3) is 0 Å². The van der Waals surface area contributed by atoms with Gasteiger partial charge in [-0.25, -0.2) is 9.59 Å². The van der Waals surface area contributed by atoms with Gasteiger partial charge < -0.3 is 10.8 Å². The van der Waals surface area contributed by atoms with E-state index < -0.39 is 11.7 Å². The number of rotatable bonds is 3. The monoisotopic (exact) mass is 233 g/mol. The molecule has 0 amide bonds. The Balaban J connectivity index is 2.46. The zero-order valence-electron chi connectivity index (χ0n) is 8.88. The number of carboxylic acid groups (broad SMARTS) is 1. The van der Waals surface area contributed by atoms with E-state index in [1.54, 1.807) is 12.1 Å². The normalized spacial score (nSPS) is 10.4. The molecule has 0 fully saturated rings. The molecule has 0 saturated carbocycles. The number of nitrogen functional groups attached to an aromatic ring is 1. The lowest BCUT2D eigenvalue weighted by Crippen LogP contribution is -2.21. The minimum atomic E-state index is -1.23. The molecule has 0 aliphatic carbocycles. The smallest absolute Gasteiger partial charge is 0.356 e. The maximum Gasteiger partial charge on any atom is 0.356 e. The highest BCUT2D eigenvalue weighted by atomic mass is 16.4. The van der Waals surface area contributed by atoms with Gasteiger partial charge in [0.05, 0.1) is 6.54 Å². The van der Waals surface area contributed by atoms with E-state index in [0.29, 0.717) is 0 Å². The fourth-order valence-corrected chi connectivity index (χ4v) is 1.64. The van der Waals surface area contributed by atoms with E-state index in [-0.39, 0.29) is 18.1 Å². The number of carboxylic acids is 1. The molecule has 0 unspecified atom stereocenters. The van der Waals surface area contributed by atoms with Gasteiger partial charge >= 0.3 is 11.7 Å². The molecule has 0 bridgehead atoms. The van der Waals surface area contributed by atoms with Gasteiger partial charge in [0.2, 0.25) is 0 Å². The van der Waals surface area contributed by atoms with Crippen molar-refractivity contribution >= 4 is 11.8 Å². The molecule has 0 radical (unpaired) electrons. The first-order valence-electron chi connectivity index (χ1n) is 4.95. The van der Waals surface area contributed by atoms with Crippen LogP contribution < -0.4 is 11.4 Å². The predicted molar refractivity (Wildman–Crippen MR) is 62.0 cm³/mol. The summed E-state index contributed by atoms with van der Waals surface area (Å²) in [6.45, 7) is 0.176. The lowest BCUT2D eigenvalue weighted by atomic mass is 10.2. The molecule has 0 spiro atoms. The quantitative estimate of drug-likeness (QED) is 0.718. The molecule has 2 aromatic rings. The van der Waals surface area contributed by atoms with E-state index in [4.69, 9.17) is 10.8 Å². The first-order valence-corrected chi connectivity index (χ1v) is 4.95. The van der Waals surface area contributed by atoms with Crippen molar-refractivity contribution in [1.29, 1.82) is 0 Å². The minimum absolute atomic E-state index is 0.126. The number of carbonyl (C=O) groups is 1. The lowest BCUT2D eigenvalue weighted by Gasteiger charge is -2.04. The second kappa shape index (κ2) is 4.17. The van der Waals surface area contributed by atoms with Gasteiger partial charge in [0.1, 0.15) is 5.82 Å². The summed E-state index contributed by atoms with van der Waals surface area (Å²) in [5.41, 5.74) is 5.54. The molecule has 6 heteroatoms. The number of nitrogens with zero attached hydrogens (tertiary/aromatic N) is 1. The van der Waals surface area contributed by atoms with Crippen molar-refractivity contribution in [2.45, 2.75) is 6.54 Å². The van der Waals surface area contributed by atoms with Crippen molar-refractivity contribution < 1.29 is 9.90 Å². The lowest BCUT2D eigenvalue weighted by molar-refractivity contribution is 0.0686. The van der Waals surface area contributed by atoms with Gasteiger partial charge in [0.15, 0.2) is 5.69 Å². The topological polar surface area (TPSA) is 101 Å². The first-order chi connectivity index (χ1) is 8.09. The number of aromatic carboxylic acids is 1. The second-order valence-electron chi connectivity index (χ2n) is 3.57. The molecule has 2 rings (SSSR count). The molecule has 0 atom stereocenters. The third kappa shape index (κ3) is 2.05. The van der Waals surface area contributed by atoms with E-state index in [9.17, 15) is 9.59 Å². The van der Waals surface area contributed by atoms with Crippen molar-refractivity contribution in [2.24, 2.45) is 0 Å². The summed E-state index contributed by atoms with van der Waals surface area (Å²) in [4.78, 5) is 24.8. The van der Waals surface area contributed by atoms with E-state index in [1.165, 1.54) is 0 Å². The number of hydrogen-bond acceptors (Lipinski definition) is 3. The Morgan fingerprint density at radius 2 is 2.00 bits per heavy atom. The molecule has 0 aliphatic heterocycles. The third-order valence-electron chi connectivity index (χ3n) is 2.40. The molecule has 6 nitrogen and oxygen atoms in total. The average molecular weight is 233 g/mol. The zero-order valence-corrected chi connectivity index (χ0v) is 8.88. The first kappa shape index (κ1) is 11.0. The van der Waals surface area contributed by atoms with Crippen LogP contribution in [0.5, 0.6) is 0 Å². The van der Waals surface area contributed by atoms with Crippen LogP contribution in [0.3, 0.4) is 0 Å². The van der Waals surface area contributed by atoms with E-state index >= 15 is 0 Å². The number of aromatic nitrogens is 2. The Kier molecular flexibility index (Phi) is 2.70. The Morgan fingerprint density at radius 1 is 1.35 bits per heavy atom. The maximum atomic E-state index is 11.5. The second-order valence-corrected chi connectivity index (χ2v) is 3.57. The molecular weight excluding hydrogens is 222 g/mol. The molecule has 1 aromatic carbocycles. The summed E-state index contributed by atoms with van der Waals surface area (Å²) in [5.74, 6) is -1.35. The molecule has 1 heterocycles. The number of nitrogens with two attached hydrogens (primary N) is 1. The van der Waals surface area contributed by atoms with Crippen molar-refractivity contribution in [3.05, 3.63) is 52.1 Å². The summed E-state index contributed by atoms with van der Waals surface area (Å²) in [6, 6.07) is 9.09. The van der Waals surface area contributed by atoms with Gasteiger partial charge in [-0.15, -0.1) is 0 Å². The number of nitrogens with one attached hydrogen (secondary N) is 1. The predicted octanol–water partition coefficient (Wildman–Crippen LogP) is 0.505. The van der Waals surface area contributed by atoms with Crippen molar-refractivity contribution in [2.75, 3.05) is 5.73 Å². The Hall–Kier alpha value is -2.50. The fourth-order valence-electron chi connectivity index (χ4n) is 1.64. The van der Waals surface area contributed by atoms with Crippen LogP contribution in [-0.4, -0.2) is 20.6 Å². The maximum absolute atomic E-state index is 11.5. The number of imidazole rings is 1. The highest BCUT2D eigenvalue weighted by Crippen LogP contribution is 2.09. The van der Waals surface area contributed by atoms with E-state index in [2.05, 4.69) is 4.98 Å². The van der Waals surface area contributed by atoms with Crippen LogP contribution in [0, 0.1) is 0 Å². The number of aromatic amines is 1. The van der Waals surface area contributed by atoms with Crippen molar-refractivity contribution in [1.82, 2.24) is 9.55 Å². The van der Waals surface area contributed by atoms with Gasteiger partial charge in [-0.2, -0.15) is 0 Å². The molecule has 4 N–H and O–H groups in total. The van der Waals surface area contributed by atoms with Gasteiger partial charge in [-0.3, -0.25) is 9.55 Å². The Morgan fingerprint density at radius 3 is 2.59 bits per heavy atom. The fraction of sp³-hybridized carbons (Fsp3) is 0.0909. The highest BCUT2D eigenvalue weighted by molar-refractivity contribution is 5.90. The van der Waals surface area contributed by atoms with Crippen LogP contribution in [0.2, 0.25) is 0 Å². The molecular formula is C11H11N3O3. The molecule has 0 saturated heterocycles. The van der Waals surface area contributed by atoms with Gasteiger partial charge in [-0.05, 0) is 5.56 Å².